The Hall–Kier alpha value is -2.57. The highest BCUT2D eigenvalue weighted by atomic mass is 35.5. The Balaban J connectivity index is 1.84. The molecule has 7 heteroatoms. The van der Waals surface area contributed by atoms with Crippen molar-refractivity contribution in [3.63, 3.8) is 0 Å². The summed E-state index contributed by atoms with van der Waals surface area (Å²) in [5, 5.41) is 5.81. The molecule has 0 saturated carbocycles. The molecule has 0 fully saturated rings. The average Bonchev–Trinajstić information content (AvgIpc) is 3.06. The molecular formula is C22H21ClN4OS. The van der Waals surface area contributed by atoms with Crippen LogP contribution in [0.1, 0.15) is 23.7 Å². The van der Waals surface area contributed by atoms with E-state index < -0.39 is 0 Å². The third-order valence-corrected chi connectivity index (χ3v) is 6.19. The summed E-state index contributed by atoms with van der Waals surface area (Å²) < 4.78 is 3.44. The quantitative estimate of drug-likeness (QED) is 0.326. The van der Waals surface area contributed by atoms with Gasteiger partial charge in [-0.1, -0.05) is 71.9 Å². The Morgan fingerprint density at radius 2 is 1.79 bits per heavy atom. The van der Waals surface area contributed by atoms with Crippen LogP contribution >= 0.6 is 23.4 Å². The smallest absolute Gasteiger partial charge is 0.280 e. The molecule has 2 aromatic heterocycles. The lowest BCUT2D eigenvalue weighted by Crippen LogP contribution is -2.25. The summed E-state index contributed by atoms with van der Waals surface area (Å²) in [6.07, 6.45) is 0. The van der Waals surface area contributed by atoms with Gasteiger partial charge in [-0.25, -0.2) is 4.98 Å². The molecule has 0 radical (unpaired) electrons. The number of aromatic nitrogens is 4. The number of hydrogen-bond acceptors (Lipinski definition) is 4. The fourth-order valence-electron chi connectivity index (χ4n) is 3.29. The van der Waals surface area contributed by atoms with Crippen LogP contribution < -0.4 is 5.56 Å². The van der Waals surface area contributed by atoms with Crippen LogP contribution in [0.15, 0.2) is 64.5 Å². The average molecular weight is 425 g/mol. The van der Waals surface area contributed by atoms with Crippen molar-refractivity contribution >= 4 is 34.4 Å². The van der Waals surface area contributed by atoms with Gasteiger partial charge in [0, 0.05) is 17.3 Å². The van der Waals surface area contributed by atoms with Crippen molar-refractivity contribution in [2.24, 2.45) is 0 Å². The predicted molar refractivity (Wildman–Crippen MR) is 119 cm³/mol. The van der Waals surface area contributed by atoms with Gasteiger partial charge in [0.1, 0.15) is 5.52 Å². The number of aryl methyl sites for hydroxylation is 2. The normalized spacial score (nSPS) is 11.3. The molecule has 0 unspecified atom stereocenters. The van der Waals surface area contributed by atoms with Gasteiger partial charge < -0.3 is 0 Å². The molecule has 0 saturated heterocycles. The fourth-order valence-corrected chi connectivity index (χ4v) is 4.43. The molecular weight excluding hydrogens is 404 g/mol. The van der Waals surface area contributed by atoms with Crippen molar-refractivity contribution in [1.82, 2.24) is 19.3 Å². The summed E-state index contributed by atoms with van der Waals surface area (Å²) in [6, 6.07) is 17.8. The van der Waals surface area contributed by atoms with Gasteiger partial charge in [0.15, 0.2) is 10.7 Å². The van der Waals surface area contributed by atoms with E-state index in [1.165, 1.54) is 5.56 Å². The molecule has 0 atom stereocenters. The van der Waals surface area contributed by atoms with Crippen molar-refractivity contribution < 1.29 is 0 Å². The van der Waals surface area contributed by atoms with Gasteiger partial charge in [-0.3, -0.25) is 14.0 Å². The molecule has 0 aliphatic rings. The van der Waals surface area contributed by atoms with Gasteiger partial charge in [-0.2, -0.15) is 5.10 Å². The zero-order chi connectivity index (χ0) is 20.4. The molecule has 0 N–H and O–H groups in total. The minimum atomic E-state index is -0.0899. The number of rotatable bonds is 6. The monoisotopic (exact) mass is 424 g/mol. The zero-order valence-corrected chi connectivity index (χ0v) is 17.9. The lowest BCUT2D eigenvalue weighted by Gasteiger charge is -2.13. The first kappa shape index (κ1) is 19.7. The van der Waals surface area contributed by atoms with Gasteiger partial charge >= 0.3 is 0 Å². The van der Waals surface area contributed by atoms with Crippen molar-refractivity contribution in [3.05, 3.63) is 86.8 Å². The van der Waals surface area contributed by atoms with E-state index in [9.17, 15) is 4.79 Å². The van der Waals surface area contributed by atoms with Crippen LogP contribution in [-0.2, 0) is 18.8 Å². The Morgan fingerprint density at radius 3 is 2.52 bits per heavy atom. The molecule has 0 aliphatic carbocycles. The minimum absolute atomic E-state index is 0.0899. The van der Waals surface area contributed by atoms with Crippen molar-refractivity contribution in [2.45, 2.75) is 37.8 Å². The SMILES string of the molecule is CCn1nc(C)c2nc(SCc3ccccc3)n(Cc3ccccc3Cl)c(=O)c21. The molecule has 2 heterocycles. The van der Waals surface area contributed by atoms with Crippen LogP contribution in [0.5, 0.6) is 0 Å². The Labute approximate surface area is 178 Å². The number of fused-ring (bicyclic) bond motifs is 1. The molecule has 2 aromatic carbocycles. The summed E-state index contributed by atoms with van der Waals surface area (Å²) in [5.41, 5.74) is 3.96. The number of hydrogen-bond donors (Lipinski definition) is 0. The number of halogens is 1. The Morgan fingerprint density at radius 1 is 1.07 bits per heavy atom. The first-order valence-corrected chi connectivity index (χ1v) is 10.8. The van der Waals surface area contributed by atoms with Crippen LogP contribution in [0.25, 0.3) is 11.0 Å². The van der Waals surface area contributed by atoms with Crippen LogP contribution in [0.3, 0.4) is 0 Å². The first-order chi connectivity index (χ1) is 14.1. The van der Waals surface area contributed by atoms with E-state index in [2.05, 4.69) is 17.2 Å². The molecule has 4 rings (SSSR count). The van der Waals surface area contributed by atoms with Gasteiger partial charge in [0.25, 0.3) is 5.56 Å². The van der Waals surface area contributed by atoms with E-state index in [0.717, 1.165) is 17.0 Å². The Kier molecular flexibility index (Phi) is 5.74. The highest BCUT2D eigenvalue weighted by molar-refractivity contribution is 7.98. The van der Waals surface area contributed by atoms with Crippen molar-refractivity contribution in [2.75, 3.05) is 0 Å². The van der Waals surface area contributed by atoms with Crippen molar-refractivity contribution in [3.8, 4) is 0 Å². The van der Waals surface area contributed by atoms with Gasteiger partial charge in [0.2, 0.25) is 0 Å². The third-order valence-electron chi connectivity index (χ3n) is 4.78. The van der Waals surface area contributed by atoms with Crippen LogP contribution in [0, 0.1) is 6.92 Å². The standard InChI is InChI=1S/C22H21ClN4OS/c1-3-27-20-19(15(2)25-27)24-22(29-14-16-9-5-4-6-10-16)26(21(20)28)13-17-11-7-8-12-18(17)23/h4-12H,3,13-14H2,1-2H3. The molecule has 5 nitrogen and oxygen atoms in total. The van der Waals surface area contributed by atoms with Gasteiger partial charge in [-0.15, -0.1) is 0 Å². The molecule has 29 heavy (non-hydrogen) atoms. The number of benzene rings is 2. The van der Waals surface area contributed by atoms with E-state index in [-0.39, 0.29) is 5.56 Å². The molecule has 4 aromatic rings. The van der Waals surface area contributed by atoms with Crippen LogP contribution in [0.4, 0.5) is 0 Å². The fraction of sp³-hybridized carbons (Fsp3) is 0.227. The topological polar surface area (TPSA) is 52.7 Å². The molecule has 0 spiro atoms. The predicted octanol–water partition coefficient (Wildman–Crippen LogP) is 4.92. The second-order valence-corrected chi connectivity index (χ2v) is 8.10. The third kappa shape index (κ3) is 3.95. The number of thioether (sulfide) groups is 1. The van der Waals surface area contributed by atoms with E-state index in [1.54, 1.807) is 21.0 Å². The summed E-state index contributed by atoms with van der Waals surface area (Å²) in [4.78, 5) is 18.3. The zero-order valence-electron chi connectivity index (χ0n) is 16.3. The lowest BCUT2D eigenvalue weighted by molar-refractivity contribution is 0.636. The Bertz CT molecular complexity index is 1220. The van der Waals surface area contributed by atoms with E-state index >= 15 is 0 Å². The highest BCUT2D eigenvalue weighted by Crippen LogP contribution is 2.25. The maximum absolute atomic E-state index is 13.5. The van der Waals surface area contributed by atoms with Crippen LogP contribution in [0.2, 0.25) is 5.02 Å². The van der Waals surface area contributed by atoms with E-state index in [0.29, 0.717) is 34.3 Å². The van der Waals surface area contributed by atoms with E-state index in [1.807, 2.05) is 56.3 Å². The summed E-state index contributed by atoms with van der Waals surface area (Å²) >= 11 is 7.92. The van der Waals surface area contributed by atoms with Crippen molar-refractivity contribution in [1.29, 1.82) is 0 Å². The second-order valence-electron chi connectivity index (χ2n) is 6.75. The summed E-state index contributed by atoms with van der Waals surface area (Å²) in [7, 11) is 0. The van der Waals surface area contributed by atoms with E-state index in [4.69, 9.17) is 16.6 Å². The van der Waals surface area contributed by atoms with Gasteiger partial charge in [0.05, 0.1) is 12.2 Å². The molecule has 0 bridgehead atoms. The van der Waals surface area contributed by atoms with Crippen LogP contribution in [-0.4, -0.2) is 19.3 Å². The number of nitrogens with zero attached hydrogens (tertiary/aromatic N) is 4. The first-order valence-electron chi connectivity index (χ1n) is 9.46. The maximum atomic E-state index is 13.5. The molecule has 0 amide bonds. The lowest BCUT2D eigenvalue weighted by atomic mass is 10.2. The largest absolute Gasteiger partial charge is 0.281 e. The van der Waals surface area contributed by atoms with Gasteiger partial charge in [-0.05, 0) is 31.0 Å². The minimum Gasteiger partial charge on any atom is -0.281 e. The second kappa shape index (κ2) is 8.43. The highest BCUT2D eigenvalue weighted by Gasteiger charge is 2.19. The maximum Gasteiger partial charge on any atom is 0.280 e. The summed E-state index contributed by atoms with van der Waals surface area (Å²) in [5.74, 6) is 0.724. The molecule has 148 valence electrons. The summed E-state index contributed by atoms with van der Waals surface area (Å²) in [6.45, 7) is 4.85. The molecule has 0 aliphatic heterocycles.